The molecule has 0 aliphatic heterocycles. The second-order valence-corrected chi connectivity index (χ2v) is 4.58. The molecule has 1 aromatic rings. The molecule has 4 heteroatoms. The van der Waals surface area contributed by atoms with Gasteiger partial charge in [0.25, 0.3) is 0 Å². The molecule has 4 nitrogen and oxygen atoms in total. The minimum absolute atomic E-state index is 0.152. The zero-order valence-electron chi connectivity index (χ0n) is 9.65. The van der Waals surface area contributed by atoms with Crippen molar-refractivity contribution in [1.29, 1.82) is 0 Å². The summed E-state index contributed by atoms with van der Waals surface area (Å²) < 4.78 is 0. The summed E-state index contributed by atoms with van der Waals surface area (Å²) in [7, 11) is 1.83. The number of carbonyl (C=O) groups excluding carboxylic acids is 1. The maximum absolute atomic E-state index is 12.2. The lowest BCUT2D eigenvalue weighted by molar-refractivity contribution is -0.123. The smallest absolute Gasteiger partial charge is 0.229 e. The highest BCUT2D eigenvalue weighted by Crippen LogP contribution is 2.26. The molecule has 3 N–H and O–H groups in total. The van der Waals surface area contributed by atoms with Gasteiger partial charge in [0.1, 0.15) is 0 Å². The number of hydrogen-bond acceptors (Lipinski definition) is 2. The van der Waals surface area contributed by atoms with E-state index < -0.39 is 0 Å². The van der Waals surface area contributed by atoms with Gasteiger partial charge in [0.05, 0.1) is 5.69 Å². The molecule has 0 spiro atoms. The zero-order chi connectivity index (χ0) is 11.5. The molecular weight excluding hydrogens is 202 g/mol. The highest BCUT2D eigenvalue weighted by molar-refractivity contribution is 5.94. The molecule has 1 heterocycles. The second kappa shape index (κ2) is 4.70. The Morgan fingerprint density at radius 1 is 1.44 bits per heavy atom. The van der Waals surface area contributed by atoms with E-state index in [4.69, 9.17) is 5.73 Å². The number of hydrogen-bond donors (Lipinski definition) is 2. The van der Waals surface area contributed by atoms with Gasteiger partial charge < -0.3 is 15.6 Å². The number of rotatable bonds is 2. The molecule has 1 fully saturated rings. The number of nitrogens with zero attached hydrogens (tertiary/aromatic N) is 1. The van der Waals surface area contributed by atoms with Crippen LogP contribution in [-0.2, 0) is 4.79 Å². The Bertz CT molecular complexity index is 339. The van der Waals surface area contributed by atoms with E-state index in [1.165, 1.54) is 0 Å². The van der Waals surface area contributed by atoms with Gasteiger partial charge in [-0.25, -0.2) is 0 Å². The van der Waals surface area contributed by atoms with Crippen LogP contribution in [0.4, 0.5) is 5.69 Å². The summed E-state index contributed by atoms with van der Waals surface area (Å²) in [5.74, 6) is 0.367. The number of nitrogens with two attached hydrogens (primary N) is 1. The van der Waals surface area contributed by atoms with Gasteiger partial charge in [0.2, 0.25) is 5.91 Å². The summed E-state index contributed by atoms with van der Waals surface area (Å²) in [5, 5.41) is 0. The topological polar surface area (TPSA) is 62.1 Å². The summed E-state index contributed by atoms with van der Waals surface area (Å²) in [6.45, 7) is 0. The van der Waals surface area contributed by atoms with Gasteiger partial charge in [-0.15, -0.1) is 0 Å². The number of nitrogens with one attached hydrogen (secondary N) is 1. The van der Waals surface area contributed by atoms with Gasteiger partial charge in [-0.3, -0.25) is 4.79 Å². The van der Waals surface area contributed by atoms with Gasteiger partial charge >= 0.3 is 0 Å². The van der Waals surface area contributed by atoms with Crippen molar-refractivity contribution in [3.63, 3.8) is 0 Å². The number of H-pyrrole nitrogens is 1. The third-order valence-corrected chi connectivity index (χ3v) is 3.42. The molecule has 0 saturated heterocycles. The fourth-order valence-corrected chi connectivity index (χ4v) is 2.29. The molecule has 88 valence electrons. The van der Waals surface area contributed by atoms with Crippen molar-refractivity contribution in [3.8, 4) is 0 Å². The molecule has 2 rings (SSSR count). The van der Waals surface area contributed by atoms with Crippen LogP contribution in [0, 0.1) is 5.92 Å². The normalized spacial score (nSPS) is 25.4. The predicted octanol–water partition coefficient (Wildman–Crippen LogP) is 1.49. The van der Waals surface area contributed by atoms with Crippen molar-refractivity contribution in [2.24, 2.45) is 11.7 Å². The average Bonchev–Trinajstić information content (AvgIpc) is 2.81. The van der Waals surface area contributed by atoms with Crippen molar-refractivity contribution >= 4 is 11.6 Å². The summed E-state index contributed by atoms with van der Waals surface area (Å²) in [6.07, 6.45) is 7.46. The Morgan fingerprint density at radius 3 is 2.69 bits per heavy atom. The molecule has 0 bridgehead atoms. The van der Waals surface area contributed by atoms with Crippen molar-refractivity contribution in [3.05, 3.63) is 18.5 Å². The average molecular weight is 221 g/mol. The lowest BCUT2D eigenvalue weighted by atomic mass is 9.85. The van der Waals surface area contributed by atoms with Gasteiger partial charge in [-0.2, -0.15) is 0 Å². The van der Waals surface area contributed by atoms with Crippen molar-refractivity contribution in [2.45, 2.75) is 31.7 Å². The number of carbonyl (C=O) groups is 1. The lowest BCUT2D eigenvalue weighted by Gasteiger charge is -2.28. The Balaban J connectivity index is 1.97. The summed E-state index contributed by atoms with van der Waals surface area (Å²) in [4.78, 5) is 16.9. The zero-order valence-corrected chi connectivity index (χ0v) is 9.65. The summed E-state index contributed by atoms with van der Waals surface area (Å²) in [5.41, 5.74) is 6.77. The first-order valence-corrected chi connectivity index (χ1v) is 5.84. The molecule has 16 heavy (non-hydrogen) atoms. The van der Waals surface area contributed by atoms with Crippen LogP contribution in [0.3, 0.4) is 0 Å². The molecule has 0 aromatic carbocycles. The van der Waals surface area contributed by atoms with Crippen LogP contribution in [0.5, 0.6) is 0 Å². The molecule has 0 radical (unpaired) electrons. The van der Waals surface area contributed by atoms with Crippen molar-refractivity contribution in [2.75, 3.05) is 11.9 Å². The van der Waals surface area contributed by atoms with E-state index in [9.17, 15) is 4.79 Å². The molecule has 0 unspecified atom stereocenters. The third kappa shape index (κ3) is 2.27. The minimum Gasteiger partial charge on any atom is -0.366 e. The van der Waals surface area contributed by atoms with Gasteiger partial charge in [-0.1, -0.05) is 0 Å². The fraction of sp³-hybridized carbons (Fsp3) is 0.583. The quantitative estimate of drug-likeness (QED) is 0.795. The van der Waals surface area contributed by atoms with E-state index in [1.54, 1.807) is 4.90 Å². The molecule has 1 saturated carbocycles. The van der Waals surface area contributed by atoms with Crippen LogP contribution < -0.4 is 10.6 Å². The molecule has 1 aliphatic carbocycles. The summed E-state index contributed by atoms with van der Waals surface area (Å²) >= 11 is 0. The van der Waals surface area contributed by atoms with E-state index in [1.807, 2.05) is 25.5 Å². The van der Waals surface area contributed by atoms with Gasteiger partial charge in [0, 0.05) is 31.4 Å². The van der Waals surface area contributed by atoms with Crippen molar-refractivity contribution < 1.29 is 4.79 Å². The number of anilines is 1. The van der Waals surface area contributed by atoms with E-state index >= 15 is 0 Å². The Hall–Kier alpha value is -1.29. The molecule has 1 aliphatic rings. The standard InChI is InChI=1S/C12H19N3O/c1-15(11-6-7-14-8-11)12(16)9-2-4-10(13)5-3-9/h6-10,14H,2-5,13H2,1H3. The third-order valence-electron chi connectivity index (χ3n) is 3.42. The Labute approximate surface area is 95.8 Å². The minimum atomic E-state index is 0.152. The second-order valence-electron chi connectivity index (χ2n) is 4.58. The van der Waals surface area contributed by atoms with Crippen LogP contribution >= 0.6 is 0 Å². The van der Waals surface area contributed by atoms with E-state index in [0.717, 1.165) is 31.4 Å². The highest BCUT2D eigenvalue weighted by Gasteiger charge is 2.27. The lowest BCUT2D eigenvalue weighted by Crippen LogP contribution is -2.37. The largest absolute Gasteiger partial charge is 0.366 e. The van der Waals surface area contributed by atoms with Crippen LogP contribution in [0.1, 0.15) is 25.7 Å². The fourth-order valence-electron chi connectivity index (χ4n) is 2.29. The molecule has 1 aromatic heterocycles. The van der Waals surface area contributed by atoms with E-state index in [-0.39, 0.29) is 11.8 Å². The SMILES string of the molecule is CN(C(=O)C1CCC(N)CC1)c1cc[nH]c1. The van der Waals surface area contributed by atoms with Crippen LogP contribution in [0.15, 0.2) is 18.5 Å². The molecular formula is C12H19N3O. The molecule has 1 amide bonds. The Kier molecular flexibility index (Phi) is 3.29. The number of aromatic amines is 1. The monoisotopic (exact) mass is 221 g/mol. The van der Waals surface area contributed by atoms with Crippen molar-refractivity contribution in [1.82, 2.24) is 4.98 Å². The van der Waals surface area contributed by atoms with Gasteiger partial charge in [0.15, 0.2) is 0 Å². The summed E-state index contributed by atoms with van der Waals surface area (Å²) in [6, 6.07) is 2.20. The van der Waals surface area contributed by atoms with Gasteiger partial charge in [-0.05, 0) is 31.7 Å². The number of aromatic nitrogens is 1. The van der Waals surface area contributed by atoms with Crippen LogP contribution in [0.2, 0.25) is 0 Å². The number of amides is 1. The van der Waals surface area contributed by atoms with E-state index in [2.05, 4.69) is 4.98 Å². The molecule has 0 atom stereocenters. The first-order chi connectivity index (χ1) is 7.68. The maximum atomic E-state index is 12.2. The predicted molar refractivity (Wildman–Crippen MR) is 64.1 cm³/mol. The maximum Gasteiger partial charge on any atom is 0.229 e. The highest BCUT2D eigenvalue weighted by atomic mass is 16.2. The van der Waals surface area contributed by atoms with E-state index in [0.29, 0.717) is 6.04 Å². The van der Waals surface area contributed by atoms with Crippen LogP contribution in [0.25, 0.3) is 0 Å². The van der Waals surface area contributed by atoms with Crippen LogP contribution in [-0.4, -0.2) is 24.0 Å². The first-order valence-electron chi connectivity index (χ1n) is 5.84. The Morgan fingerprint density at radius 2 is 2.12 bits per heavy atom. The first kappa shape index (κ1) is 11.2.